The summed E-state index contributed by atoms with van der Waals surface area (Å²) in [6.45, 7) is 5.05. The first-order valence-electron chi connectivity index (χ1n) is 17.2. The number of amides is 4. The Morgan fingerprint density at radius 3 is 2.35 bits per heavy atom. The predicted molar refractivity (Wildman–Crippen MR) is 189 cm³/mol. The Labute approximate surface area is 301 Å². The Bertz CT molecular complexity index is 1770. The second-order valence-electron chi connectivity index (χ2n) is 13.9. The minimum atomic E-state index is -1.10. The summed E-state index contributed by atoms with van der Waals surface area (Å²) in [5, 5.41) is 12.6. The molecule has 1 aromatic heterocycles. The molecule has 2 atom stereocenters. The van der Waals surface area contributed by atoms with E-state index >= 15 is 0 Å². The van der Waals surface area contributed by atoms with Crippen LogP contribution >= 0.6 is 0 Å². The molecule has 0 fully saturated rings. The van der Waals surface area contributed by atoms with Crippen LogP contribution in [0.3, 0.4) is 0 Å². The molecule has 1 aliphatic rings. The van der Waals surface area contributed by atoms with Crippen LogP contribution in [0.2, 0.25) is 0 Å². The number of aliphatic hydroxyl groups is 1. The lowest BCUT2D eigenvalue weighted by atomic mass is 9.84. The third-order valence-corrected chi connectivity index (χ3v) is 8.76. The summed E-state index contributed by atoms with van der Waals surface area (Å²) < 4.78 is 31.0. The van der Waals surface area contributed by atoms with E-state index in [2.05, 4.69) is 5.32 Å². The van der Waals surface area contributed by atoms with Crippen molar-refractivity contribution in [2.24, 2.45) is 11.1 Å². The quantitative estimate of drug-likeness (QED) is 0.132. The molecule has 0 aliphatic carbocycles. The number of carbonyl (C=O) groups excluding carboxylic acids is 5. The maximum Gasteiger partial charge on any atom is 0.253 e. The van der Waals surface area contributed by atoms with Crippen LogP contribution in [-0.4, -0.2) is 86.2 Å². The van der Waals surface area contributed by atoms with E-state index in [1.807, 2.05) is 51.1 Å². The molecule has 4 rings (SSSR count). The van der Waals surface area contributed by atoms with E-state index in [1.54, 1.807) is 10.8 Å². The maximum absolute atomic E-state index is 15.0. The highest BCUT2D eigenvalue weighted by Gasteiger charge is 2.38. The molecule has 1 aliphatic heterocycles. The van der Waals surface area contributed by atoms with Crippen molar-refractivity contribution in [3.8, 4) is 11.3 Å². The van der Waals surface area contributed by atoms with Crippen molar-refractivity contribution in [2.45, 2.75) is 71.5 Å². The highest BCUT2D eigenvalue weighted by molar-refractivity contribution is 6.12. The summed E-state index contributed by atoms with van der Waals surface area (Å²) in [5.74, 6) is -3.11. The second kappa shape index (κ2) is 17.9. The smallest absolute Gasteiger partial charge is 0.253 e. The Hall–Kier alpha value is -5.08. The van der Waals surface area contributed by atoms with Crippen LogP contribution in [0.1, 0.15) is 70.3 Å². The number of nitrogens with two attached hydrogens (primary N) is 1. The number of nitrogens with zero attached hydrogens (tertiary/aromatic N) is 4. The van der Waals surface area contributed by atoms with E-state index < -0.39 is 47.6 Å². The highest BCUT2D eigenvalue weighted by atomic mass is 19.1. The van der Waals surface area contributed by atoms with Crippen LogP contribution in [0.25, 0.3) is 11.3 Å². The van der Waals surface area contributed by atoms with Crippen LogP contribution < -0.4 is 11.1 Å². The number of rotatable bonds is 18. The van der Waals surface area contributed by atoms with Crippen molar-refractivity contribution >= 4 is 29.4 Å². The van der Waals surface area contributed by atoms with Crippen LogP contribution in [0.4, 0.5) is 8.78 Å². The highest BCUT2D eigenvalue weighted by Crippen LogP contribution is 2.39. The summed E-state index contributed by atoms with van der Waals surface area (Å²) in [6.07, 6.45) is 5.90. The number of imide groups is 1. The Kier molecular flexibility index (Phi) is 13.7. The molecule has 4 amide bonds. The Balaban J connectivity index is 1.44. The van der Waals surface area contributed by atoms with Gasteiger partial charge in [0.05, 0.1) is 24.3 Å². The van der Waals surface area contributed by atoms with Gasteiger partial charge in [-0.3, -0.25) is 28.9 Å². The molecule has 0 bridgehead atoms. The Morgan fingerprint density at radius 1 is 1.00 bits per heavy atom. The fourth-order valence-corrected chi connectivity index (χ4v) is 6.10. The minimum absolute atomic E-state index is 0.0219. The minimum Gasteiger partial charge on any atom is -0.387 e. The molecule has 4 N–H and O–H groups in total. The van der Waals surface area contributed by atoms with Crippen molar-refractivity contribution in [1.82, 2.24) is 24.7 Å². The summed E-state index contributed by atoms with van der Waals surface area (Å²) in [6, 6.07) is 10.6. The topological polar surface area (TPSA) is 168 Å². The van der Waals surface area contributed by atoms with Crippen molar-refractivity contribution in [2.75, 3.05) is 26.2 Å². The van der Waals surface area contributed by atoms with Gasteiger partial charge in [-0.2, -0.15) is 0 Å². The van der Waals surface area contributed by atoms with E-state index in [0.717, 1.165) is 28.7 Å². The van der Waals surface area contributed by atoms with Gasteiger partial charge < -0.3 is 25.6 Å². The van der Waals surface area contributed by atoms with E-state index in [9.17, 15) is 37.9 Å². The van der Waals surface area contributed by atoms with Crippen LogP contribution in [0, 0.1) is 17.0 Å². The molecule has 0 radical (unpaired) electrons. The predicted octanol–water partition coefficient (Wildman–Crippen LogP) is 3.67. The van der Waals surface area contributed by atoms with E-state index in [4.69, 9.17) is 10.7 Å². The molecule has 0 spiro atoms. The molecule has 2 heterocycles. The molecule has 14 heteroatoms. The molecule has 278 valence electrons. The number of hydrogen-bond donors (Lipinski definition) is 3. The van der Waals surface area contributed by atoms with Gasteiger partial charge in [-0.15, -0.1) is 0 Å². The van der Waals surface area contributed by atoms with Gasteiger partial charge in [0.1, 0.15) is 24.1 Å². The fourth-order valence-electron chi connectivity index (χ4n) is 6.10. The number of ketones is 1. The van der Waals surface area contributed by atoms with Gasteiger partial charge in [0.15, 0.2) is 5.78 Å². The van der Waals surface area contributed by atoms with Gasteiger partial charge in [-0.25, -0.2) is 13.8 Å². The molecule has 2 aromatic carbocycles. The van der Waals surface area contributed by atoms with Gasteiger partial charge in [-0.1, -0.05) is 57.5 Å². The number of nitrogens with one attached hydrogen (secondary N) is 1. The standard InChI is InChI=1S/C38H46F2N6O6/c1-38(2,3)35(36-43-31(28-20-26(39)13-14-29(28)40)23-44(36)22-25-10-6-4-7-11-25)46(34(51)24-47)19-17-30(41)37(52)42-21-27(48)12-8-5-9-18-45-32(49)15-16-33(45)50/h4,6-7,10-11,13-16,20,23,30,35,47H,5,8-9,12,17-19,21-22,24,41H2,1-3H3,(H,42,52)/t30-,35-/m0/s1. The summed E-state index contributed by atoms with van der Waals surface area (Å²) in [7, 11) is 0. The van der Waals surface area contributed by atoms with Crippen molar-refractivity contribution in [1.29, 1.82) is 0 Å². The lowest BCUT2D eigenvalue weighted by Gasteiger charge is -2.40. The van der Waals surface area contributed by atoms with Crippen molar-refractivity contribution in [3.63, 3.8) is 0 Å². The van der Waals surface area contributed by atoms with E-state index in [-0.39, 0.29) is 61.3 Å². The average molecular weight is 721 g/mol. The number of halogens is 2. The lowest BCUT2D eigenvalue weighted by Crippen LogP contribution is -2.48. The number of aliphatic hydroxyl groups excluding tert-OH is 1. The lowest BCUT2D eigenvalue weighted by molar-refractivity contribution is -0.140. The SMILES string of the molecule is CC(C)(C)[C@H](c1nc(-c2cc(F)ccc2F)cn1Cc1ccccc1)N(CC[C@H](N)C(=O)NCC(=O)CCCCCN1C(=O)C=CC1=O)C(=O)CO. The third kappa shape index (κ3) is 10.5. The summed E-state index contributed by atoms with van der Waals surface area (Å²) in [5.41, 5.74) is 6.50. The largest absolute Gasteiger partial charge is 0.387 e. The molecular formula is C38H46F2N6O6. The van der Waals surface area contributed by atoms with Gasteiger partial charge in [0.25, 0.3) is 11.8 Å². The van der Waals surface area contributed by atoms with E-state index in [1.165, 1.54) is 17.1 Å². The van der Waals surface area contributed by atoms with Gasteiger partial charge >= 0.3 is 0 Å². The Morgan fingerprint density at radius 2 is 1.69 bits per heavy atom. The second-order valence-corrected chi connectivity index (χ2v) is 13.9. The molecule has 12 nitrogen and oxygen atoms in total. The average Bonchev–Trinajstić information content (AvgIpc) is 3.66. The first-order chi connectivity index (χ1) is 24.7. The van der Waals surface area contributed by atoms with E-state index in [0.29, 0.717) is 31.6 Å². The molecule has 52 heavy (non-hydrogen) atoms. The number of hydrogen-bond acceptors (Lipinski definition) is 8. The van der Waals surface area contributed by atoms with Gasteiger partial charge in [0, 0.05) is 50.0 Å². The summed E-state index contributed by atoms with van der Waals surface area (Å²) in [4.78, 5) is 69.3. The number of imidazole rings is 1. The molecule has 0 saturated heterocycles. The molecule has 3 aromatic rings. The number of unbranched alkanes of at least 4 members (excludes halogenated alkanes) is 2. The van der Waals surface area contributed by atoms with Crippen LogP contribution in [0.5, 0.6) is 0 Å². The van der Waals surface area contributed by atoms with Crippen molar-refractivity contribution < 1.29 is 37.9 Å². The monoisotopic (exact) mass is 720 g/mol. The number of carbonyl (C=O) groups is 5. The maximum atomic E-state index is 15.0. The molecule has 0 unspecified atom stereocenters. The van der Waals surface area contributed by atoms with Gasteiger partial charge in [0.2, 0.25) is 11.8 Å². The summed E-state index contributed by atoms with van der Waals surface area (Å²) >= 11 is 0. The zero-order valence-electron chi connectivity index (χ0n) is 29.7. The molecular weight excluding hydrogens is 674 g/mol. The number of Topliss-reactive ketones (excluding diaryl/α,β-unsaturated/α-hetero) is 1. The number of aromatic nitrogens is 2. The van der Waals surface area contributed by atoms with Crippen LogP contribution in [0.15, 0.2) is 66.9 Å². The van der Waals surface area contributed by atoms with Crippen molar-refractivity contribution in [3.05, 3.63) is 89.9 Å². The normalized spacial score (nSPS) is 14.1. The number of benzene rings is 2. The fraction of sp³-hybridized carbons (Fsp3) is 0.421. The molecule has 0 saturated carbocycles. The zero-order valence-corrected chi connectivity index (χ0v) is 29.7. The van der Waals surface area contributed by atoms with Crippen LogP contribution in [-0.2, 0) is 30.5 Å². The zero-order chi connectivity index (χ0) is 38.0. The third-order valence-electron chi connectivity index (χ3n) is 8.76. The van der Waals surface area contributed by atoms with Gasteiger partial charge in [-0.05, 0) is 48.4 Å². The first-order valence-corrected chi connectivity index (χ1v) is 17.2. The first kappa shape index (κ1) is 39.7.